The van der Waals surface area contributed by atoms with Gasteiger partial charge in [0.25, 0.3) is 0 Å². The van der Waals surface area contributed by atoms with Gasteiger partial charge in [-0.15, -0.1) is 0 Å². The first-order valence-electron chi connectivity index (χ1n) is 5.31. The molecule has 0 amide bonds. The maximum absolute atomic E-state index is 4.40. The summed E-state index contributed by atoms with van der Waals surface area (Å²) in [7, 11) is 0. The van der Waals surface area contributed by atoms with Gasteiger partial charge in [-0.2, -0.15) is 0 Å². The number of rotatable bonds is 3. The molecule has 0 fully saturated rings. The molecule has 0 N–H and O–H groups in total. The largest absolute Gasteiger partial charge is 0.261 e. The third-order valence-corrected chi connectivity index (χ3v) is 2.57. The molecule has 0 unspecified atom stereocenters. The number of hydrogen-bond acceptors (Lipinski definition) is 1. The van der Waals surface area contributed by atoms with E-state index in [1.807, 2.05) is 6.21 Å². The van der Waals surface area contributed by atoms with Gasteiger partial charge in [-0.1, -0.05) is 38.6 Å². The topological polar surface area (TPSA) is 12.4 Å². The molecule has 0 radical (unpaired) electrons. The minimum atomic E-state index is 0.408. The van der Waals surface area contributed by atoms with Crippen LogP contribution in [0.2, 0.25) is 0 Å². The second kappa shape index (κ2) is 4.92. The smallest absolute Gasteiger partial charge is 0.0357 e. The fourth-order valence-corrected chi connectivity index (χ4v) is 1.33. The highest BCUT2D eigenvalue weighted by atomic mass is 14.7. The first-order chi connectivity index (χ1) is 7.02. The predicted octanol–water partition coefficient (Wildman–Crippen LogP) is 3.89. The molecule has 0 bridgehead atoms. The minimum absolute atomic E-state index is 0.408. The molecule has 0 aliphatic carbocycles. The molecular weight excluding hydrogens is 182 g/mol. The number of aryl methyl sites for hydroxylation is 2. The van der Waals surface area contributed by atoms with Gasteiger partial charge in [-0.25, -0.2) is 0 Å². The van der Waals surface area contributed by atoms with Crippen molar-refractivity contribution in [3.05, 3.63) is 47.2 Å². The van der Waals surface area contributed by atoms with Crippen LogP contribution in [-0.4, -0.2) is 6.21 Å². The van der Waals surface area contributed by atoms with Crippen LogP contribution in [0, 0.1) is 19.8 Å². The summed E-state index contributed by atoms with van der Waals surface area (Å²) in [5, 5.41) is 0. The van der Waals surface area contributed by atoms with Crippen LogP contribution in [0.1, 0.15) is 30.5 Å². The summed E-state index contributed by atoms with van der Waals surface area (Å²) < 4.78 is 0. The zero-order valence-electron chi connectivity index (χ0n) is 10.0. The third-order valence-electron chi connectivity index (χ3n) is 2.57. The summed E-state index contributed by atoms with van der Waals surface area (Å²) in [6.45, 7) is 12.3. The summed E-state index contributed by atoms with van der Waals surface area (Å²) in [6, 6.07) is 6.28. The van der Waals surface area contributed by atoms with E-state index >= 15 is 0 Å². The molecule has 0 aliphatic rings. The summed E-state index contributed by atoms with van der Waals surface area (Å²) in [6.07, 6.45) is 1.92. The van der Waals surface area contributed by atoms with E-state index in [9.17, 15) is 0 Å². The normalized spacial score (nSPS) is 11.3. The predicted molar refractivity (Wildman–Crippen MR) is 67.5 cm³/mol. The molecule has 0 spiro atoms. The van der Waals surface area contributed by atoms with Crippen LogP contribution >= 0.6 is 0 Å². The van der Waals surface area contributed by atoms with Crippen molar-refractivity contribution in [3.63, 3.8) is 0 Å². The molecule has 0 heterocycles. The Hall–Kier alpha value is -1.37. The molecule has 0 aliphatic heterocycles. The first-order valence-corrected chi connectivity index (χ1v) is 5.31. The highest BCUT2D eigenvalue weighted by molar-refractivity contribution is 5.84. The van der Waals surface area contributed by atoms with Gasteiger partial charge in [-0.3, -0.25) is 4.99 Å². The zero-order chi connectivity index (χ0) is 11.4. The summed E-state index contributed by atoms with van der Waals surface area (Å²) in [4.78, 5) is 4.40. The number of aliphatic imine (C=N–C) groups is 1. The molecule has 15 heavy (non-hydrogen) atoms. The fraction of sp³-hybridized carbons (Fsp3) is 0.357. The first kappa shape index (κ1) is 11.7. The lowest BCUT2D eigenvalue weighted by Gasteiger charge is -2.06. The average Bonchev–Trinajstić information content (AvgIpc) is 2.16. The monoisotopic (exact) mass is 201 g/mol. The molecule has 0 atom stereocenters. The molecule has 1 aromatic rings. The van der Waals surface area contributed by atoms with Crippen molar-refractivity contribution in [1.29, 1.82) is 0 Å². The van der Waals surface area contributed by atoms with Crippen molar-refractivity contribution in [2.45, 2.75) is 27.7 Å². The van der Waals surface area contributed by atoms with Crippen molar-refractivity contribution >= 4 is 6.21 Å². The molecule has 0 saturated heterocycles. The lowest BCUT2D eigenvalue weighted by molar-refractivity contribution is 0.763. The molecule has 0 aromatic heterocycles. The molecular formula is C14H19N. The van der Waals surface area contributed by atoms with E-state index < -0.39 is 0 Å². The van der Waals surface area contributed by atoms with E-state index in [0.29, 0.717) is 5.92 Å². The summed E-state index contributed by atoms with van der Waals surface area (Å²) in [5.41, 5.74) is 4.66. The lowest BCUT2D eigenvalue weighted by atomic mass is 10.0. The highest BCUT2D eigenvalue weighted by Crippen LogP contribution is 2.13. The maximum Gasteiger partial charge on any atom is 0.0357 e. The number of nitrogens with zero attached hydrogens (tertiary/aromatic N) is 1. The fourth-order valence-electron chi connectivity index (χ4n) is 1.33. The van der Waals surface area contributed by atoms with Gasteiger partial charge < -0.3 is 0 Å². The summed E-state index contributed by atoms with van der Waals surface area (Å²) >= 11 is 0. The molecule has 1 heteroatoms. The average molecular weight is 201 g/mol. The molecule has 1 rings (SSSR count). The molecule has 1 nitrogen and oxygen atoms in total. The number of hydrogen-bond donors (Lipinski definition) is 0. The Morgan fingerprint density at radius 3 is 2.27 bits per heavy atom. The molecule has 80 valence electrons. The van der Waals surface area contributed by atoms with E-state index in [0.717, 1.165) is 5.70 Å². The van der Waals surface area contributed by atoms with Gasteiger partial charge in [0.05, 0.1) is 0 Å². The van der Waals surface area contributed by atoms with Crippen molar-refractivity contribution in [1.82, 2.24) is 0 Å². The van der Waals surface area contributed by atoms with Gasteiger partial charge in [-0.05, 0) is 36.5 Å². The Kier molecular flexibility index (Phi) is 3.84. The van der Waals surface area contributed by atoms with Crippen LogP contribution in [0.4, 0.5) is 0 Å². The lowest BCUT2D eigenvalue weighted by Crippen LogP contribution is -1.94. The Labute approximate surface area is 92.6 Å². The van der Waals surface area contributed by atoms with E-state index in [4.69, 9.17) is 0 Å². The van der Waals surface area contributed by atoms with Crippen LogP contribution in [0.15, 0.2) is 35.5 Å². The van der Waals surface area contributed by atoms with E-state index in [1.54, 1.807) is 0 Å². The Morgan fingerprint density at radius 2 is 1.80 bits per heavy atom. The Balaban J connectivity index is 2.94. The van der Waals surface area contributed by atoms with Gasteiger partial charge in [0.2, 0.25) is 0 Å². The maximum atomic E-state index is 4.40. The van der Waals surface area contributed by atoms with E-state index in [2.05, 4.69) is 57.5 Å². The van der Waals surface area contributed by atoms with Crippen molar-refractivity contribution in [2.24, 2.45) is 10.9 Å². The molecule has 1 aromatic carbocycles. The summed E-state index contributed by atoms with van der Waals surface area (Å²) in [5.74, 6) is 0.408. The molecule has 0 saturated carbocycles. The second-order valence-electron chi connectivity index (χ2n) is 4.21. The Bertz CT molecular complexity index is 366. The van der Waals surface area contributed by atoms with Crippen molar-refractivity contribution in [2.75, 3.05) is 0 Å². The van der Waals surface area contributed by atoms with Crippen LogP contribution in [0.25, 0.3) is 0 Å². The number of benzene rings is 1. The SMILES string of the molecule is C=C(/N=C\c1c(C)cccc1C)C(C)C. The highest BCUT2D eigenvalue weighted by Gasteiger charge is 2.00. The van der Waals surface area contributed by atoms with E-state index in [1.165, 1.54) is 16.7 Å². The number of allylic oxidation sites excluding steroid dienone is 1. The van der Waals surface area contributed by atoms with Gasteiger partial charge >= 0.3 is 0 Å². The van der Waals surface area contributed by atoms with Crippen LogP contribution in [0.5, 0.6) is 0 Å². The van der Waals surface area contributed by atoms with Crippen molar-refractivity contribution < 1.29 is 0 Å². The van der Waals surface area contributed by atoms with Gasteiger partial charge in [0.1, 0.15) is 0 Å². The van der Waals surface area contributed by atoms with Crippen LogP contribution in [-0.2, 0) is 0 Å². The second-order valence-corrected chi connectivity index (χ2v) is 4.21. The van der Waals surface area contributed by atoms with Crippen molar-refractivity contribution in [3.8, 4) is 0 Å². The Morgan fingerprint density at radius 1 is 1.27 bits per heavy atom. The van der Waals surface area contributed by atoms with Gasteiger partial charge in [0, 0.05) is 11.9 Å². The van der Waals surface area contributed by atoms with Gasteiger partial charge in [0.15, 0.2) is 0 Å². The third kappa shape index (κ3) is 3.05. The minimum Gasteiger partial charge on any atom is -0.261 e. The van der Waals surface area contributed by atoms with Crippen LogP contribution in [0.3, 0.4) is 0 Å². The van der Waals surface area contributed by atoms with E-state index in [-0.39, 0.29) is 0 Å². The quantitative estimate of drug-likeness (QED) is 0.658. The zero-order valence-corrected chi connectivity index (χ0v) is 10.0. The standard InChI is InChI=1S/C14H19N/c1-10(2)13(5)15-9-14-11(3)7-6-8-12(14)4/h6-10H,5H2,1-4H3/b15-9-. The van der Waals surface area contributed by atoms with Crippen LogP contribution < -0.4 is 0 Å².